The average molecular weight is 463 g/mol. The molecule has 1 heterocycles. The minimum atomic E-state index is -0.439. The molecule has 0 radical (unpaired) electrons. The van der Waals surface area contributed by atoms with Gasteiger partial charge in [0.15, 0.2) is 4.99 Å². The molecule has 7 heteroatoms. The number of hydrogen-bond acceptors (Lipinski definition) is 7. The lowest BCUT2D eigenvalue weighted by Crippen LogP contribution is -2.26. The van der Waals surface area contributed by atoms with Gasteiger partial charge in [0.05, 0.1) is 25.2 Å². The Labute approximate surface area is 197 Å². The third-order valence-electron chi connectivity index (χ3n) is 5.24. The van der Waals surface area contributed by atoms with Crippen LogP contribution < -0.4 is 9.47 Å². The number of carbonyl (C=O) groups is 1. The van der Waals surface area contributed by atoms with E-state index in [0.717, 1.165) is 55.8 Å². The van der Waals surface area contributed by atoms with Gasteiger partial charge in [0, 0.05) is 12.4 Å². The van der Waals surface area contributed by atoms with Crippen molar-refractivity contribution in [3.8, 4) is 11.5 Å². The van der Waals surface area contributed by atoms with Gasteiger partial charge in [-0.2, -0.15) is 0 Å². The number of hydrogen-bond donors (Lipinski definition) is 0. The summed E-state index contributed by atoms with van der Waals surface area (Å²) in [6.45, 7) is 9.52. The highest BCUT2D eigenvalue weighted by Crippen LogP contribution is 2.30. The first-order valence-electron chi connectivity index (χ1n) is 11.6. The Morgan fingerprint density at radius 2 is 1.50 bits per heavy atom. The van der Waals surface area contributed by atoms with Crippen LogP contribution in [0.3, 0.4) is 0 Å². The van der Waals surface area contributed by atoms with Crippen molar-refractivity contribution in [1.29, 1.82) is 0 Å². The summed E-state index contributed by atoms with van der Waals surface area (Å²) in [6, 6.07) is 7.79. The van der Waals surface area contributed by atoms with Gasteiger partial charge in [0.2, 0.25) is 0 Å². The molecule has 0 saturated heterocycles. The van der Waals surface area contributed by atoms with E-state index in [1.54, 1.807) is 24.2 Å². The predicted molar refractivity (Wildman–Crippen MR) is 133 cm³/mol. The van der Waals surface area contributed by atoms with Crippen LogP contribution in [0.15, 0.2) is 34.3 Å². The zero-order valence-corrected chi connectivity index (χ0v) is 20.8. The lowest BCUT2D eigenvalue weighted by atomic mass is 9.87. The largest absolute Gasteiger partial charge is 0.494 e. The third-order valence-corrected chi connectivity index (χ3v) is 6.49. The monoisotopic (exact) mass is 462 g/mol. The van der Waals surface area contributed by atoms with Crippen molar-refractivity contribution in [1.82, 2.24) is 0 Å². The lowest BCUT2D eigenvalue weighted by molar-refractivity contribution is -0.153. The summed E-state index contributed by atoms with van der Waals surface area (Å²) in [5, 5.41) is 0. The number of nitrogens with zero attached hydrogens (tertiary/aromatic N) is 2. The highest BCUT2D eigenvalue weighted by Gasteiger charge is 2.28. The molecule has 0 N–H and O–H groups in total. The second-order valence-electron chi connectivity index (χ2n) is 8.63. The fourth-order valence-electron chi connectivity index (χ4n) is 3.21. The van der Waals surface area contributed by atoms with Crippen LogP contribution in [0.1, 0.15) is 66.2 Å². The second-order valence-corrected chi connectivity index (χ2v) is 10.1. The van der Waals surface area contributed by atoms with E-state index in [9.17, 15) is 4.79 Å². The number of rotatable bonds is 16. The van der Waals surface area contributed by atoms with E-state index in [1.807, 2.05) is 52.0 Å². The molecule has 6 nitrogen and oxygen atoms in total. The highest BCUT2D eigenvalue weighted by molar-refractivity contribution is 8.00. The molecule has 1 aliphatic rings. The van der Waals surface area contributed by atoms with Gasteiger partial charge in [0.1, 0.15) is 11.5 Å². The van der Waals surface area contributed by atoms with E-state index in [-0.39, 0.29) is 11.0 Å². The Kier molecular flexibility index (Phi) is 11.1. The number of ether oxygens (including phenoxy) is 3. The molecule has 0 atom stereocenters. The Balaban J connectivity index is 1.51. The summed E-state index contributed by atoms with van der Waals surface area (Å²) < 4.78 is 16.8. The Bertz CT molecular complexity index is 735. The number of thioether (sulfide) groups is 1. The van der Waals surface area contributed by atoms with E-state index in [2.05, 4.69) is 9.98 Å². The van der Waals surface area contributed by atoms with Crippen LogP contribution in [-0.2, 0) is 9.53 Å². The van der Waals surface area contributed by atoms with Crippen molar-refractivity contribution >= 4 is 30.2 Å². The Hall–Kier alpha value is -2.02. The number of esters is 1. The Morgan fingerprint density at radius 3 is 2.06 bits per heavy atom. The van der Waals surface area contributed by atoms with Gasteiger partial charge in [-0.1, -0.05) is 0 Å². The SMILES string of the molecule is CCOC(=O)C(C)(C)CCCCOc1ccc(OCCCCCSC2(C)N=CC=N2)cc1. The zero-order chi connectivity index (χ0) is 23.3. The molecule has 178 valence electrons. The molecule has 0 aliphatic carbocycles. The molecular formula is C25H38N2O4S. The van der Waals surface area contributed by atoms with Gasteiger partial charge in [-0.3, -0.25) is 14.8 Å². The maximum Gasteiger partial charge on any atom is 0.311 e. The van der Waals surface area contributed by atoms with E-state index in [4.69, 9.17) is 14.2 Å². The van der Waals surface area contributed by atoms with Crippen molar-refractivity contribution in [2.45, 2.75) is 71.2 Å². The van der Waals surface area contributed by atoms with Gasteiger partial charge in [-0.05, 0) is 96.2 Å². The minimum Gasteiger partial charge on any atom is -0.494 e. The quantitative estimate of drug-likeness (QED) is 0.225. The van der Waals surface area contributed by atoms with Crippen molar-refractivity contribution in [3.63, 3.8) is 0 Å². The van der Waals surface area contributed by atoms with Crippen LogP contribution in [-0.4, -0.2) is 49.0 Å². The summed E-state index contributed by atoms with van der Waals surface area (Å²) >= 11 is 1.78. The molecule has 1 aliphatic heterocycles. The van der Waals surface area contributed by atoms with E-state index >= 15 is 0 Å². The van der Waals surface area contributed by atoms with Crippen LogP contribution in [0.25, 0.3) is 0 Å². The van der Waals surface area contributed by atoms with Gasteiger partial charge in [0.25, 0.3) is 0 Å². The number of unbranched alkanes of at least 4 members (excludes halogenated alkanes) is 3. The molecular weight excluding hydrogens is 424 g/mol. The number of carbonyl (C=O) groups excluding carboxylic acids is 1. The molecule has 0 aromatic heterocycles. The van der Waals surface area contributed by atoms with Crippen LogP contribution in [0, 0.1) is 5.41 Å². The Morgan fingerprint density at radius 1 is 0.938 bits per heavy atom. The fraction of sp³-hybridized carbons (Fsp3) is 0.640. The molecule has 0 amide bonds. The van der Waals surface area contributed by atoms with Crippen molar-refractivity contribution < 1.29 is 19.0 Å². The fourth-order valence-corrected chi connectivity index (χ4v) is 4.21. The number of benzene rings is 1. The zero-order valence-electron chi connectivity index (χ0n) is 20.0. The van der Waals surface area contributed by atoms with Gasteiger partial charge < -0.3 is 14.2 Å². The van der Waals surface area contributed by atoms with Crippen LogP contribution in [0.2, 0.25) is 0 Å². The lowest BCUT2D eigenvalue weighted by Gasteiger charge is -2.21. The van der Waals surface area contributed by atoms with Crippen molar-refractivity contribution in [2.24, 2.45) is 15.4 Å². The topological polar surface area (TPSA) is 69.5 Å². The van der Waals surface area contributed by atoms with E-state index in [1.165, 1.54) is 0 Å². The molecule has 1 aromatic rings. The predicted octanol–water partition coefficient (Wildman–Crippen LogP) is 5.94. The number of aliphatic imine (C=N–C) groups is 2. The van der Waals surface area contributed by atoms with Crippen LogP contribution in [0.4, 0.5) is 0 Å². The standard InChI is InChI=1S/C25H38N2O4S/c1-5-29-23(28)24(2,3)15-7-9-19-31-22-13-11-21(12-14-22)30-18-8-6-10-20-32-25(4)26-16-17-27-25/h11-14,16-17H,5-10,15,18-20H2,1-4H3. The molecule has 0 saturated carbocycles. The van der Waals surface area contributed by atoms with Crippen molar-refractivity contribution in [2.75, 3.05) is 25.6 Å². The molecule has 32 heavy (non-hydrogen) atoms. The van der Waals surface area contributed by atoms with Crippen molar-refractivity contribution in [3.05, 3.63) is 24.3 Å². The van der Waals surface area contributed by atoms with Crippen LogP contribution >= 0.6 is 11.8 Å². The van der Waals surface area contributed by atoms with Gasteiger partial charge in [-0.15, -0.1) is 11.8 Å². The molecule has 2 rings (SSSR count). The summed E-state index contributed by atoms with van der Waals surface area (Å²) in [5.41, 5.74) is -0.439. The summed E-state index contributed by atoms with van der Waals surface area (Å²) in [7, 11) is 0. The second kappa shape index (κ2) is 13.5. The smallest absolute Gasteiger partial charge is 0.311 e. The van der Waals surface area contributed by atoms with E-state index < -0.39 is 5.41 Å². The summed E-state index contributed by atoms with van der Waals surface area (Å²) in [6.07, 6.45) is 9.45. The maximum absolute atomic E-state index is 11.9. The maximum atomic E-state index is 11.9. The normalized spacial score (nSPS) is 14.5. The highest BCUT2D eigenvalue weighted by atomic mass is 32.2. The summed E-state index contributed by atoms with van der Waals surface area (Å²) in [4.78, 5) is 20.3. The third kappa shape index (κ3) is 9.63. The molecule has 0 spiro atoms. The first-order valence-corrected chi connectivity index (χ1v) is 12.6. The van der Waals surface area contributed by atoms with E-state index in [0.29, 0.717) is 19.8 Å². The molecule has 0 unspecified atom stereocenters. The minimum absolute atomic E-state index is 0.127. The van der Waals surface area contributed by atoms with Gasteiger partial charge in [-0.25, -0.2) is 0 Å². The molecule has 0 fully saturated rings. The first-order chi connectivity index (χ1) is 15.3. The molecule has 1 aromatic carbocycles. The first kappa shape index (κ1) is 26.2. The van der Waals surface area contributed by atoms with Crippen LogP contribution in [0.5, 0.6) is 11.5 Å². The molecule has 0 bridgehead atoms. The van der Waals surface area contributed by atoms with Gasteiger partial charge >= 0.3 is 5.97 Å². The average Bonchev–Trinajstić information content (AvgIpc) is 3.20. The summed E-state index contributed by atoms with van der Waals surface area (Å²) in [5.74, 6) is 2.63.